The van der Waals surface area contributed by atoms with Crippen LogP contribution in [-0.4, -0.2) is 43.5 Å². The lowest BCUT2D eigenvalue weighted by Gasteiger charge is -2.28. The first kappa shape index (κ1) is 14.4. The van der Waals surface area contributed by atoms with Crippen molar-refractivity contribution in [3.8, 4) is 0 Å². The van der Waals surface area contributed by atoms with Crippen molar-refractivity contribution >= 4 is 17.6 Å². The Morgan fingerprint density at radius 2 is 2.06 bits per heavy atom. The van der Waals surface area contributed by atoms with Crippen LogP contribution in [-0.2, 0) is 9.53 Å². The van der Waals surface area contributed by atoms with Gasteiger partial charge in [0.25, 0.3) is 0 Å². The minimum absolute atomic E-state index is 0.0592. The Bertz CT molecular complexity index is 315. The highest BCUT2D eigenvalue weighted by atomic mass is 32.1. The van der Waals surface area contributed by atoms with Crippen molar-refractivity contribution in [3.63, 3.8) is 0 Å². The quantitative estimate of drug-likeness (QED) is 0.759. The fourth-order valence-electron chi connectivity index (χ4n) is 1.65. The number of morpholine rings is 1. The maximum absolute atomic E-state index is 10.3. The molecule has 0 saturated carbocycles. The molecule has 0 amide bonds. The summed E-state index contributed by atoms with van der Waals surface area (Å²) >= 11 is 1.80. The van der Waals surface area contributed by atoms with E-state index in [4.69, 9.17) is 4.74 Å². The van der Waals surface area contributed by atoms with Gasteiger partial charge in [0.2, 0.25) is 0 Å². The summed E-state index contributed by atoms with van der Waals surface area (Å²) < 4.78 is 5.14. The zero-order chi connectivity index (χ0) is 12.7. The Morgan fingerprint density at radius 3 is 2.41 bits per heavy atom. The minimum Gasteiger partial charge on any atom is -0.379 e. The van der Waals surface area contributed by atoms with Crippen molar-refractivity contribution < 1.29 is 9.53 Å². The summed E-state index contributed by atoms with van der Waals surface area (Å²) in [6.45, 7) is 9.45. The van der Waals surface area contributed by atoms with E-state index in [-0.39, 0.29) is 6.04 Å². The van der Waals surface area contributed by atoms with E-state index in [9.17, 15) is 4.79 Å². The highest BCUT2D eigenvalue weighted by Gasteiger charge is 2.15. The molecule has 0 radical (unpaired) electrons. The predicted octanol–water partition coefficient (Wildman–Crippen LogP) is 2.27. The van der Waals surface area contributed by atoms with Crippen LogP contribution >= 0.6 is 11.3 Å². The molecule has 0 aromatic carbocycles. The molecule has 0 N–H and O–H groups in total. The van der Waals surface area contributed by atoms with Gasteiger partial charge in [-0.3, -0.25) is 4.90 Å². The van der Waals surface area contributed by atoms with Crippen LogP contribution in [0.15, 0.2) is 11.4 Å². The van der Waals surface area contributed by atoms with Crippen LogP contribution in [0.5, 0.6) is 0 Å². The van der Waals surface area contributed by atoms with E-state index in [2.05, 4.69) is 30.2 Å². The summed E-state index contributed by atoms with van der Waals surface area (Å²) in [5, 5.41) is 2.16. The van der Waals surface area contributed by atoms with Gasteiger partial charge in [-0.05, 0) is 37.8 Å². The van der Waals surface area contributed by atoms with Gasteiger partial charge in [0.15, 0.2) is 0 Å². The molecule has 1 aliphatic rings. The summed E-state index contributed by atoms with van der Waals surface area (Å²) in [7, 11) is 0. The zero-order valence-electron chi connectivity index (χ0n) is 10.8. The molecular formula is C13H21NO2S. The first-order valence-corrected chi connectivity index (χ1v) is 6.80. The van der Waals surface area contributed by atoms with Gasteiger partial charge in [0.05, 0.1) is 19.3 Å². The van der Waals surface area contributed by atoms with Crippen molar-refractivity contribution in [2.75, 3.05) is 26.3 Å². The van der Waals surface area contributed by atoms with Gasteiger partial charge in [-0.2, -0.15) is 0 Å². The van der Waals surface area contributed by atoms with Crippen molar-refractivity contribution in [2.45, 2.75) is 26.8 Å². The topological polar surface area (TPSA) is 29.5 Å². The zero-order valence-corrected chi connectivity index (χ0v) is 11.6. The van der Waals surface area contributed by atoms with Gasteiger partial charge in [0.1, 0.15) is 6.29 Å². The van der Waals surface area contributed by atoms with Crippen LogP contribution in [0.2, 0.25) is 0 Å². The fourth-order valence-corrected chi connectivity index (χ4v) is 2.34. The molecule has 2 heterocycles. The smallest absolute Gasteiger partial charge is 0.136 e. The number of rotatable bonds is 2. The number of hydrogen-bond acceptors (Lipinski definition) is 4. The lowest BCUT2D eigenvalue weighted by atomic mass is 10.3. The molecule has 1 fully saturated rings. The molecule has 2 rings (SSSR count). The van der Waals surface area contributed by atoms with Crippen LogP contribution in [0.4, 0.5) is 0 Å². The lowest BCUT2D eigenvalue weighted by Crippen LogP contribution is -2.42. The van der Waals surface area contributed by atoms with Crippen LogP contribution in [0, 0.1) is 13.8 Å². The Morgan fingerprint density at radius 1 is 1.41 bits per heavy atom. The number of aldehydes is 1. The second kappa shape index (κ2) is 7.58. The third-order valence-corrected chi connectivity index (χ3v) is 3.66. The summed E-state index contributed by atoms with van der Waals surface area (Å²) in [6.07, 6.45) is 0.978. The Labute approximate surface area is 107 Å². The molecule has 0 spiro atoms. The van der Waals surface area contributed by atoms with E-state index in [1.807, 2.05) is 6.92 Å². The lowest BCUT2D eigenvalue weighted by molar-refractivity contribution is -0.113. The molecule has 1 aromatic heterocycles. The number of carbonyl (C=O) groups is 1. The van der Waals surface area contributed by atoms with E-state index in [1.54, 1.807) is 11.3 Å². The highest BCUT2D eigenvalue weighted by Crippen LogP contribution is 2.10. The number of nitrogens with zero attached hydrogens (tertiary/aromatic N) is 1. The van der Waals surface area contributed by atoms with E-state index in [0.717, 1.165) is 32.6 Å². The van der Waals surface area contributed by atoms with E-state index in [0.29, 0.717) is 0 Å². The van der Waals surface area contributed by atoms with E-state index in [1.165, 1.54) is 10.4 Å². The van der Waals surface area contributed by atoms with E-state index >= 15 is 0 Å². The van der Waals surface area contributed by atoms with Gasteiger partial charge in [-0.25, -0.2) is 0 Å². The van der Waals surface area contributed by atoms with Crippen LogP contribution in [0.1, 0.15) is 17.4 Å². The number of ether oxygens (including phenoxy) is 1. The monoisotopic (exact) mass is 255 g/mol. The number of aryl methyl sites for hydroxylation is 2. The number of thiophene rings is 1. The van der Waals surface area contributed by atoms with Gasteiger partial charge >= 0.3 is 0 Å². The Kier molecular flexibility index (Phi) is 6.40. The van der Waals surface area contributed by atoms with Crippen LogP contribution < -0.4 is 0 Å². The molecule has 4 heteroatoms. The molecule has 3 nitrogen and oxygen atoms in total. The van der Waals surface area contributed by atoms with Crippen LogP contribution in [0.25, 0.3) is 0 Å². The predicted molar refractivity (Wildman–Crippen MR) is 71.7 cm³/mol. The van der Waals surface area contributed by atoms with Gasteiger partial charge in [-0.15, -0.1) is 11.3 Å². The minimum atomic E-state index is 0.0592. The summed E-state index contributed by atoms with van der Waals surface area (Å²) in [4.78, 5) is 13.8. The molecule has 1 aromatic rings. The van der Waals surface area contributed by atoms with Gasteiger partial charge < -0.3 is 9.53 Å². The molecule has 96 valence electrons. The Hall–Kier alpha value is -0.710. The van der Waals surface area contributed by atoms with Gasteiger partial charge in [-0.1, -0.05) is 0 Å². The largest absolute Gasteiger partial charge is 0.379 e. The van der Waals surface area contributed by atoms with Crippen molar-refractivity contribution in [1.29, 1.82) is 0 Å². The molecule has 0 bridgehead atoms. The molecule has 1 saturated heterocycles. The second-order valence-electron chi connectivity index (χ2n) is 4.26. The number of hydrogen-bond donors (Lipinski definition) is 0. The summed E-state index contributed by atoms with van der Waals surface area (Å²) in [5.41, 5.74) is 1.38. The number of carbonyl (C=O) groups excluding carboxylic acids is 1. The average Bonchev–Trinajstić information content (AvgIpc) is 2.74. The van der Waals surface area contributed by atoms with Gasteiger partial charge in [0, 0.05) is 18.0 Å². The average molecular weight is 255 g/mol. The first-order chi connectivity index (χ1) is 8.13. The van der Waals surface area contributed by atoms with Crippen LogP contribution in [0.3, 0.4) is 0 Å². The second-order valence-corrected chi connectivity index (χ2v) is 5.38. The molecule has 1 unspecified atom stereocenters. The molecule has 17 heavy (non-hydrogen) atoms. The third-order valence-electron chi connectivity index (χ3n) is 2.68. The third kappa shape index (κ3) is 5.44. The standard InChI is InChI=1S/C7H13NO2.C6H8S/c1-7(6-9)8-2-4-10-5-3-8;1-5-3-6(2)7-4-5/h6-7H,2-5H2,1H3;3-4H,1-2H3. The highest BCUT2D eigenvalue weighted by molar-refractivity contribution is 7.10. The van der Waals surface area contributed by atoms with Crippen molar-refractivity contribution in [1.82, 2.24) is 4.90 Å². The SMILES string of the molecule is CC(C=O)N1CCOCC1.Cc1csc(C)c1. The molecular weight excluding hydrogens is 234 g/mol. The normalized spacial score (nSPS) is 18.1. The molecule has 0 aliphatic carbocycles. The first-order valence-electron chi connectivity index (χ1n) is 5.92. The fraction of sp³-hybridized carbons (Fsp3) is 0.615. The van der Waals surface area contributed by atoms with Crippen molar-refractivity contribution in [3.05, 3.63) is 21.9 Å². The summed E-state index contributed by atoms with van der Waals surface area (Å²) in [6, 6.07) is 2.24. The summed E-state index contributed by atoms with van der Waals surface area (Å²) in [5.74, 6) is 0. The maximum Gasteiger partial charge on any atom is 0.136 e. The van der Waals surface area contributed by atoms with Crippen molar-refractivity contribution in [2.24, 2.45) is 0 Å². The Balaban J connectivity index is 0.000000181. The molecule has 1 atom stereocenters. The molecule has 1 aliphatic heterocycles. The maximum atomic E-state index is 10.3. The van der Waals surface area contributed by atoms with E-state index < -0.39 is 0 Å².